The van der Waals surface area contributed by atoms with Gasteiger partial charge in [-0.3, -0.25) is 0 Å². The molecule has 0 saturated carbocycles. The minimum atomic E-state index is -1.17. The van der Waals surface area contributed by atoms with Gasteiger partial charge in [0, 0.05) is 37.0 Å². The van der Waals surface area contributed by atoms with Crippen molar-refractivity contribution in [2.24, 2.45) is 0 Å². The van der Waals surface area contributed by atoms with E-state index in [4.69, 9.17) is 0 Å². The van der Waals surface area contributed by atoms with Crippen LogP contribution in [0.5, 0.6) is 0 Å². The normalized spacial score (nSPS) is 10.9. The van der Waals surface area contributed by atoms with Crippen LogP contribution in [0.15, 0.2) is 24.5 Å². The fourth-order valence-corrected chi connectivity index (χ4v) is 1.74. The number of nitrogens with zero attached hydrogens (tertiary/aromatic N) is 1. The van der Waals surface area contributed by atoms with Crippen LogP contribution in [-0.4, -0.2) is 16.5 Å². The third kappa shape index (κ3) is 3.82. The molecule has 0 aliphatic carbocycles. The topological polar surface area (TPSA) is 40.7 Å². The molecule has 0 fully saturated rings. The fraction of sp³-hybridized carbons (Fsp3) is 0.308. The standard InChI is InChI=1S/C13H14F3N3/c14-10-7-12(16)11(15)6-9(10)8-17-3-1-2-13-18-4-5-19-13/h4-7,17H,1-3,8H2,(H,18,19). The van der Waals surface area contributed by atoms with Crippen LogP contribution in [0.4, 0.5) is 13.2 Å². The van der Waals surface area contributed by atoms with Crippen molar-refractivity contribution in [1.29, 1.82) is 0 Å². The van der Waals surface area contributed by atoms with Gasteiger partial charge in [0.1, 0.15) is 11.6 Å². The highest BCUT2D eigenvalue weighted by Gasteiger charge is 2.09. The molecule has 3 nitrogen and oxygen atoms in total. The lowest BCUT2D eigenvalue weighted by Gasteiger charge is -2.06. The van der Waals surface area contributed by atoms with Crippen LogP contribution >= 0.6 is 0 Å². The monoisotopic (exact) mass is 269 g/mol. The van der Waals surface area contributed by atoms with Crippen LogP contribution in [0.3, 0.4) is 0 Å². The SMILES string of the molecule is Fc1cc(F)c(CNCCCc2ncc[nH]2)cc1F. The van der Waals surface area contributed by atoms with Gasteiger partial charge in [-0.2, -0.15) is 0 Å². The van der Waals surface area contributed by atoms with E-state index in [9.17, 15) is 13.2 Å². The summed E-state index contributed by atoms with van der Waals surface area (Å²) in [5.74, 6) is -2.05. The van der Waals surface area contributed by atoms with E-state index in [1.54, 1.807) is 12.4 Å². The summed E-state index contributed by atoms with van der Waals surface area (Å²) in [5.41, 5.74) is 0.122. The Hall–Kier alpha value is -1.82. The van der Waals surface area contributed by atoms with Gasteiger partial charge in [0.25, 0.3) is 0 Å². The van der Waals surface area contributed by atoms with E-state index in [1.165, 1.54) is 0 Å². The zero-order valence-corrected chi connectivity index (χ0v) is 10.2. The Morgan fingerprint density at radius 3 is 2.63 bits per heavy atom. The van der Waals surface area contributed by atoms with Gasteiger partial charge in [-0.15, -0.1) is 0 Å². The van der Waals surface area contributed by atoms with Gasteiger partial charge in [-0.1, -0.05) is 0 Å². The predicted molar refractivity (Wildman–Crippen MR) is 64.9 cm³/mol. The number of aryl methyl sites for hydroxylation is 1. The Labute approximate surface area is 108 Å². The number of benzene rings is 1. The summed E-state index contributed by atoms with van der Waals surface area (Å²) in [4.78, 5) is 7.05. The van der Waals surface area contributed by atoms with E-state index in [1.807, 2.05) is 0 Å². The second-order valence-electron chi connectivity index (χ2n) is 4.17. The molecule has 0 amide bonds. The number of H-pyrrole nitrogens is 1. The van der Waals surface area contributed by atoms with Crippen LogP contribution in [0.2, 0.25) is 0 Å². The second-order valence-corrected chi connectivity index (χ2v) is 4.17. The maximum Gasteiger partial charge on any atom is 0.161 e. The molecule has 6 heteroatoms. The molecule has 0 radical (unpaired) electrons. The summed E-state index contributed by atoms with van der Waals surface area (Å²) in [5, 5.41) is 2.98. The summed E-state index contributed by atoms with van der Waals surface area (Å²) in [6.07, 6.45) is 5.03. The Morgan fingerprint density at radius 1 is 1.11 bits per heavy atom. The van der Waals surface area contributed by atoms with Crippen molar-refractivity contribution in [3.8, 4) is 0 Å². The van der Waals surface area contributed by atoms with E-state index < -0.39 is 17.5 Å². The van der Waals surface area contributed by atoms with Crippen LogP contribution in [0.25, 0.3) is 0 Å². The van der Waals surface area contributed by atoms with Gasteiger partial charge >= 0.3 is 0 Å². The van der Waals surface area contributed by atoms with Crippen molar-refractivity contribution in [2.75, 3.05) is 6.54 Å². The van der Waals surface area contributed by atoms with Gasteiger partial charge in [-0.25, -0.2) is 18.2 Å². The molecular weight excluding hydrogens is 255 g/mol. The molecular formula is C13H14F3N3. The molecule has 102 valence electrons. The zero-order valence-electron chi connectivity index (χ0n) is 10.2. The Kier molecular flexibility index (Phi) is 4.57. The van der Waals surface area contributed by atoms with Crippen LogP contribution in [-0.2, 0) is 13.0 Å². The molecule has 0 saturated heterocycles. The number of hydrogen-bond donors (Lipinski definition) is 2. The summed E-state index contributed by atoms with van der Waals surface area (Å²) < 4.78 is 39.0. The number of aromatic amines is 1. The van der Waals surface area contributed by atoms with Gasteiger partial charge < -0.3 is 10.3 Å². The van der Waals surface area contributed by atoms with Crippen LogP contribution in [0, 0.1) is 17.5 Å². The van der Waals surface area contributed by atoms with Crippen molar-refractivity contribution in [3.63, 3.8) is 0 Å². The summed E-state index contributed by atoms with van der Waals surface area (Å²) in [6.45, 7) is 0.806. The maximum atomic E-state index is 13.3. The largest absolute Gasteiger partial charge is 0.349 e. The predicted octanol–water partition coefficient (Wildman–Crippen LogP) is 2.55. The van der Waals surface area contributed by atoms with Crippen molar-refractivity contribution < 1.29 is 13.2 Å². The van der Waals surface area contributed by atoms with E-state index in [0.29, 0.717) is 12.6 Å². The highest BCUT2D eigenvalue weighted by Crippen LogP contribution is 2.13. The molecule has 0 unspecified atom stereocenters. The molecule has 2 rings (SSSR count). The van der Waals surface area contributed by atoms with Gasteiger partial charge in [0.15, 0.2) is 11.6 Å². The molecule has 0 aliphatic rings. The minimum Gasteiger partial charge on any atom is -0.349 e. The number of halogens is 3. The highest BCUT2D eigenvalue weighted by molar-refractivity contribution is 5.19. The first-order chi connectivity index (χ1) is 9.16. The lowest BCUT2D eigenvalue weighted by Crippen LogP contribution is -2.16. The molecule has 0 atom stereocenters. The molecule has 2 N–H and O–H groups in total. The van der Waals surface area contributed by atoms with Gasteiger partial charge in [0.2, 0.25) is 0 Å². The van der Waals surface area contributed by atoms with Crippen LogP contribution in [0.1, 0.15) is 17.8 Å². The fourth-order valence-electron chi connectivity index (χ4n) is 1.74. The quantitative estimate of drug-likeness (QED) is 0.625. The summed E-state index contributed by atoms with van der Waals surface area (Å²) in [6, 6.07) is 1.44. The van der Waals surface area contributed by atoms with E-state index in [-0.39, 0.29) is 12.1 Å². The average molecular weight is 269 g/mol. The molecule has 0 aliphatic heterocycles. The first kappa shape index (κ1) is 13.6. The summed E-state index contributed by atoms with van der Waals surface area (Å²) >= 11 is 0. The minimum absolute atomic E-state index is 0.122. The molecule has 0 bridgehead atoms. The van der Waals surface area contributed by atoms with Crippen molar-refractivity contribution in [1.82, 2.24) is 15.3 Å². The van der Waals surface area contributed by atoms with E-state index in [2.05, 4.69) is 15.3 Å². The van der Waals surface area contributed by atoms with Crippen molar-refractivity contribution >= 4 is 0 Å². The Bertz CT molecular complexity index is 526. The van der Waals surface area contributed by atoms with Crippen molar-refractivity contribution in [2.45, 2.75) is 19.4 Å². The lowest BCUT2D eigenvalue weighted by atomic mass is 10.2. The Balaban J connectivity index is 1.75. The second kappa shape index (κ2) is 6.38. The number of nitrogens with one attached hydrogen (secondary N) is 2. The number of hydrogen-bond acceptors (Lipinski definition) is 2. The maximum absolute atomic E-state index is 13.3. The van der Waals surface area contributed by atoms with E-state index in [0.717, 1.165) is 24.7 Å². The van der Waals surface area contributed by atoms with Gasteiger partial charge in [-0.05, 0) is 19.0 Å². The number of aromatic nitrogens is 2. The third-order valence-corrected chi connectivity index (χ3v) is 2.73. The average Bonchev–Trinajstić information content (AvgIpc) is 2.88. The lowest BCUT2D eigenvalue weighted by molar-refractivity contribution is 0.486. The van der Waals surface area contributed by atoms with Gasteiger partial charge in [0.05, 0.1) is 0 Å². The Morgan fingerprint density at radius 2 is 1.89 bits per heavy atom. The molecule has 2 aromatic rings. The molecule has 19 heavy (non-hydrogen) atoms. The van der Waals surface area contributed by atoms with Crippen LogP contribution < -0.4 is 5.32 Å². The zero-order chi connectivity index (χ0) is 13.7. The molecule has 0 spiro atoms. The number of imidazole rings is 1. The summed E-state index contributed by atoms with van der Waals surface area (Å²) in [7, 11) is 0. The van der Waals surface area contributed by atoms with E-state index >= 15 is 0 Å². The smallest absolute Gasteiger partial charge is 0.161 e. The van der Waals surface area contributed by atoms with Crippen molar-refractivity contribution in [3.05, 3.63) is 53.4 Å². The molecule has 1 aromatic heterocycles. The highest BCUT2D eigenvalue weighted by atomic mass is 19.2. The third-order valence-electron chi connectivity index (χ3n) is 2.73. The number of rotatable bonds is 6. The molecule has 1 heterocycles. The molecule has 1 aromatic carbocycles. The first-order valence-electron chi connectivity index (χ1n) is 5.99. The first-order valence-corrected chi connectivity index (χ1v) is 5.99.